The van der Waals surface area contributed by atoms with E-state index in [4.69, 9.17) is 4.74 Å². The predicted octanol–water partition coefficient (Wildman–Crippen LogP) is 5.78. The van der Waals surface area contributed by atoms with Crippen LogP contribution in [0.25, 0.3) is 11.4 Å². The zero-order valence-corrected chi connectivity index (χ0v) is 21.9. The largest absolute Gasteiger partial charge is 0.494 e. The molecule has 0 fully saturated rings. The van der Waals surface area contributed by atoms with Crippen molar-refractivity contribution in [2.45, 2.75) is 24.9 Å². The van der Waals surface area contributed by atoms with Crippen LogP contribution in [-0.4, -0.2) is 38.9 Å². The van der Waals surface area contributed by atoms with E-state index in [1.807, 2.05) is 25.2 Å². The third-order valence-corrected chi connectivity index (χ3v) is 6.58. The van der Waals surface area contributed by atoms with E-state index in [2.05, 4.69) is 27.8 Å². The van der Waals surface area contributed by atoms with Crippen LogP contribution in [0.3, 0.4) is 0 Å². The molecule has 1 heterocycles. The molecule has 1 aromatic heterocycles. The van der Waals surface area contributed by atoms with Crippen LogP contribution in [0, 0.1) is 5.82 Å². The van der Waals surface area contributed by atoms with Gasteiger partial charge in [-0.25, -0.2) is 4.39 Å². The van der Waals surface area contributed by atoms with Gasteiger partial charge in [-0.2, -0.15) is 0 Å². The van der Waals surface area contributed by atoms with Gasteiger partial charge in [0.15, 0.2) is 11.0 Å². The van der Waals surface area contributed by atoms with Crippen LogP contribution in [0.5, 0.6) is 5.75 Å². The number of thioether (sulfide) groups is 1. The van der Waals surface area contributed by atoms with Crippen LogP contribution < -0.4 is 15.4 Å². The summed E-state index contributed by atoms with van der Waals surface area (Å²) in [5.74, 6) is 0.605. The first-order chi connectivity index (χ1) is 18.4. The molecule has 0 atom stereocenters. The SMILES string of the molecule is CCCCOc1ccc(C(=O)Nc2cccc(-c3nnc(SCC(=O)Nc4ccc(F)cc4)n3C)c2)cc1. The lowest BCUT2D eigenvalue weighted by atomic mass is 10.1. The van der Waals surface area contributed by atoms with Gasteiger partial charge < -0.3 is 19.9 Å². The van der Waals surface area contributed by atoms with Crippen LogP contribution in [-0.2, 0) is 11.8 Å². The third kappa shape index (κ3) is 7.19. The second kappa shape index (κ2) is 12.9. The molecule has 0 aliphatic rings. The molecule has 0 saturated carbocycles. The number of amides is 2. The summed E-state index contributed by atoms with van der Waals surface area (Å²) in [5.41, 5.74) is 2.42. The van der Waals surface area contributed by atoms with Gasteiger partial charge in [0.2, 0.25) is 5.91 Å². The van der Waals surface area contributed by atoms with E-state index in [0.29, 0.717) is 34.5 Å². The van der Waals surface area contributed by atoms with Gasteiger partial charge in [0.25, 0.3) is 5.91 Å². The third-order valence-electron chi connectivity index (χ3n) is 5.56. The number of benzene rings is 3. The first-order valence-electron chi connectivity index (χ1n) is 12.1. The smallest absolute Gasteiger partial charge is 0.255 e. The molecule has 2 amide bonds. The van der Waals surface area contributed by atoms with Crippen LogP contribution >= 0.6 is 11.8 Å². The van der Waals surface area contributed by atoms with Gasteiger partial charge in [-0.3, -0.25) is 9.59 Å². The number of carbonyl (C=O) groups excluding carboxylic acids is 2. The Balaban J connectivity index is 1.36. The molecule has 0 bridgehead atoms. The lowest BCUT2D eigenvalue weighted by Gasteiger charge is -2.09. The van der Waals surface area contributed by atoms with Crippen LogP contribution in [0.15, 0.2) is 78.0 Å². The molecule has 2 N–H and O–H groups in total. The van der Waals surface area contributed by atoms with Crippen molar-refractivity contribution >= 4 is 35.0 Å². The zero-order valence-electron chi connectivity index (χ0n) is 21.1. The van der Waals surface area contributed by atoms with E-state index in [0.717, 1.165) is 24.2 Å². The van der Waals surface area contributed by atoms with E-state index in [1.54, 1.807) is 34.9 Å². The molecule has 3 aromatic carbocycles. The van der Waals surface area contributed by atoms with Gasteiger partial charge in [0.05, 0.1) is 12.4 Å². The van der Waals surface area contributed by atoms with Crippen molar-refractivity contribution in [3.05, 3.63) is 84.2 Å². The Labute approximate surface area is 224 Å². The fraction of sp³-hybridized carbons (Fsp3) is 0.214. The minimum Gasteiger partial charge on any atom is -0.494 e. The molecule has 8 nitrogen and oxygen atoms in total. The lowest BCUT2D eigenvalue weighted by molar-refractivity contribution is -0.113. The number of nitrogens with zero attached hydrogens (tertiary/aromatic N) is 3. The summed E-state index contributed by atoms with van der Waals surface area (Å²) in [4.78, 5) is 25.0. The Morgan fingerprint density at radius 2 is 1.74 bits per heavy atom. The molecule has 0 aliphatic heterocycles. The van der Waals surface area contributed by atoms with Crippen molar-refractivity contribution in [2.75, 3.05) is 23.0 Å². The highest BCUT2D eigenvalue weighted by molar-refractivity contribution is 7.99. The number of nitrogens with one attached hydrogen (secondary N) is 2. The maximum atomic E-state index is 13.0. The number of hydrogen-bond acceptors (Lipinski definition) is 6. The average molecular weight is 534 g/mol. The lowest BCUT2D eigenvalue weighted by Crippen LogP contribution is -2.14. The number of carbonyl (C=O) groups is 2. The van der Waals surface area contributed by atoms with Gasteiger partial charge in [0, 0.05) is 29.5 Å². The quantitative estimate of drug-likeness (QED) is 0.187. The highest BCUT2D eigenvalue weighted by Gasteiger charge is 2.14. The molecule has 38 heavy (non-hydrogen) atoms. The molecule has 0 aliphatic carbocycles. The molecule has 4 rings (SSSR count). The summed E-state index contributed by atoms with van der Waals surface area (Å²) >= 11 is 1.24. The minimum atomic E-state index is -0.366. The number of rotatable bonds is 11. The van der Waals surface area contributed by atoms with Gasteiger partial charge >= 0.3 is 0 Å². The number of halogens is 1. The number of ether oxygens (including phenoxy) is 1. The molecule has 4 aromatic rings. The molecule has 0 unspecified atom stereocenters. The summed E-state index contributed by atoms with van der Waals surface area (Å²) in [5, 5.41) is 14.7. The Bertz CT molecular complexity index is 1390. The van der Waals surface area contributed by atoms with Crippen LogP contribution in [0.4, 0.5) is 15.8 Å². The highest BCUT2D eigenvalue weighted by Crippen LogP contribution is 2.25. The Morgan fingerprint density at radius 3 is 2.47 bits per heavy atom. The second-order valence-electron chi connectivity index (χ2n) is 8.47. The highest BCUT2D eigenvalue weighted by atomic mass is 32.2. The van der Waals surface area contributed by atoms with Gasteiger partial charge in [0.1, 0.15) is 11.6 Å². The minimum absolute atomic E-state index is 0.113. The maximum Gasteiger partial charge on any atom is 0.255 e. The van der Waals surface area contributed by atoms with Crippen LogP contribution in [0.1, 0.15) is 30.1 Å². The van der Waals surface area contributed by atoms with Crippen molar-refractivity contribution in [2.24, 2.45) is 7.05 Å². The summed E-state index contributed by atoms with van der Waals surface area (Å²) in [6.07, 6.45) is 2.04. The zero-order chi connectivity index (χ0) is 26.9. The number of hydrogen-bond donors (Lipinski definition) is 2. The van der Waals surface area contributed by atoms with Crippen molar-refractivity contribution in [3.8, 4) is 17.1 Å². The topological polar surface area (TPSA) is 98.1 Å². The number of anilines is 2. The molecule has 196 valence electrons. The van der Waals surface area contributed by atoms with Crippen molar-refractivity contribution in [1.29, 1.82) is 0 Å². The van der Waals surface area contributed by atoms with E-state index in [-0.39, 0.29) is 23.4 Å². The van der Waals surface area contributed by atoms with Crippen molar-refractivity contribution in [3.63, 3.8) is 0 Å². The van der Waals surface area contributed by atoms with Gasteiger partial charge in [-0.05, 0) is 67.1 Å². The Morgan fingerprint density at radius 1 is 0.974 bits per heavy atom. The molecule has 10 heteroatoms. The fourth-order valence-corrected chi connectivity index (χ4v) is 4.24. The molecular weight excluding hydrogens is 505 g/mol. The van der Waals surface area contributed by atoms with Crippen molar-refractivity contribution < 1.29 is 18.7 Å². The normalized spacial score (nSPS) is 10.7. The summed E-state index contributed by atoms with van der Waals surface area (Å²) in [6, 6.07) is 19.9. The van der Waals surface area contributed by atoms with E-state index >= 15 is 0 Å². The summed E-state index contributed by atoms with van der Waals surface area (Å²) in [7, 11) is 1.81. The van der Waals surface area contributed by atoms with E-state index in [9.17, 15) is 14.0 Å². The van der Waals surface area contributed by atoms with E-state index in [1.165, 1.54) is 36.0 Å². The number of aromatic nitrogens is 3. The molecular formula is C28H28FN5O3S. The van der Waals surface area contributed by atoms with Gasteiger partial charge in [-0.1, -0.05) is 37.2 Å². The Hall–Kier alpha value is -4.18. The first kappa shape index (κ1) is 26.9. The second-order valence-corrected chi connectivity index (χ2v) is 9.41. The first-order valence-corrected chi connectivity index (χ1v) is 13.1. The average Bonchev–Trinajstić information content (AvgIpc) is 3.29. The molecule has 0 radical (unpaired) electrons. The number of unbranched alkanes of at least 4 members (excludes halogenated alkanes) is 1. The fourth-order valence-electron chi connectivity index (χ4n) is 3.53. The monoisotopic (exact) mass is 533 g/mol. The summed E-state index contributed by atoms with van der Waals surface area (Å²) < 4.78 is 20.5. The predicted molar refractivity (Wildman–Crippen MR) is 147 cm³/mol. The van der Waals surface area contributed by atoms with Crippen LogP contribution in [0.2, 0.25) is 0 Å². The van der Waals surface area contributed by atoms with Gasteiger partial charge in [-0.15, -0.1) is 10.2 Å². The Kier molecular flexibility index (Phi) is 9.10. The standard InChI is InChI=1S/C28H28FN5O3S/c1-3-4-16-37-24-14-8-19(9-15-24)27(36)31-23-7-5-6-20(17-23)26-32-33-28(34(26)2)38-18-25(35)30-22-12-10-21(29)11-13-22/h5-15,17H,3-4,16,18H2,1-2H3,(H,30,35)(H,31,36). The molecule has 0 spiro atoms. The van der Waals surface area contributed by atoms with Crippen molar-refractivity contribution in [1.82, 2.24) is 14.8 Å². The van der Waals surface area contributed by atoms with E-state index < -0.39 is 0 Å². The molecule has 0 saturated heterocycles. The maximum absolute atomic E-state index is 13.0. The summed E-state index contributed by atoms with van der Waals surface area (Å²) in [6.45, 7) is 2.76.